The van der Waals surface area contributed by atoms with Gasteiger partial charge in [-0.05, 0) is 24.9 Å². The number of hydrogen-bond acceptors (Lipinski definition) is 1. The lowest BCUT2D eigenvalue weighted by molar-refractivity contribution is 0.300. The molecule has 1 heterocycles. The maximum absolute atomic E-state index is 3.93. The molecule has 1 saturated heterocycles. The summed E-state index contributed by atoms with van der Waals surface area (Å²) in [6.45, 7) is 4.47. The highest BCUT2D eigenvalue weighted by atomic mass is 15.2. The van der Waals surface area contributed by atoms with E-state index in [1.54, 1.807) is 0 Å². The summed E-state index contributed by atoms with van der Waals surface area (Å²) in [6, 6.07) is 1.43. The van der Waals surface area contributed by atoms with Crippen LogP contribution in [0.15, 0.2) is 0 Å². The second-order valence-electron chi connectivity index (χ2n) is 2.79. The summed E-state index contributed by atoms with van der Waals surface area (Å²) in [6.07, 6.45) is 2.65. The van der Waals surface area contributed by atoms with Crippen LogP contribution in [-0.2, 0) is 0 Å². The molecule has 0 aromatic rings. The van der Waals surface area contributed by atoms with Crippen molar-refractivity contribution < 1.29 is 0 Å². The average molecular weight is 112 g/mol. The molecule has 2 atom stereocenters. The Bertz CT molecular complexity index is 70.5. The first-order chi connectivity index (χ1) is 3.72. The largest absolute Gasteiger partial charge is 0.454 e. The Hall–Kier alpha value is -0.0400. The third-order valence-electron chi connectivity index (χ3n) is 2.13. The molecule has 1 rings (SSSR count). The second-order valence-corrected chi connectivity index (χ2v) is 2.79. The van der Waals surface area contributed by atoms with Crippen LogP contribution in [0.4, 0.5) is 0 Å². The van der Waals surface area contributed by atoms with E-state index in [1.165, 1.54) is 12.8 Å². The van der Waals surface area contributed by atoms with E-state index in [4.69, 9.17) is 0 Å². The van der Waals surface area contributed by atoms with Crippen LogP contribution in [0, 0.1) is 7.05 Å². The topological polar surface area (TPSA) is 3.24 Å². The van der Waals surface area contributed by atoms with Crippen LogP contribution >= 0.6 is 0 Å². The van der Waals surface area contributed by atoms with Crippen molar-refractivity contribution in [3.63, 3.8) is 0 Å². The molecule has 1 aliphatic rings. The van der Waals surface area contributed by atoms with Crippen molar-refractivity contribution in [1.29, 1.82) is 0 Å². The Labute approximate surface area is 51.7 Å². The highest BCUT2D eigenvalue weighted by Gasteiger charge is 2.17. The van der Waals surface area contributed by atoms with Gasteiger partial charge in [-0.25, -0.2) is 0 Å². The summed E-state index contributed by atoms with van der Waals surface area (Å²) in [4.78, 5) is 2.19. The monoisotopic (exact) mass is 112 g/mol. The zero-order valence-corrected chi connectivity index (χ0v) is 5.72. The number of likely N-dealkylation sites (tertiary alicyclic amines) is 1. The minimum Gasteiger partial charge on any atom is -0.454 e. The van der Waals surface area contributed by atoms with Gasteiger partial charge in [0, 0.05) is 0 Å². The van der Waals surface area contributed by atoms with Crippen molar-refractivity contribution in [2.75, 3.05) is 0 Å². The summed E-state index contributed by atoms with van der Waals surface area (Å²) >= 11 is 0. The van der Waals surface area contributed by atoms with Crippen molar-refractivity contribution in [2.45, 2.75) is 38.8 Å². The van der Waals surface area contributed by atoms with E-state index in [-0.39, 0.29) is 0 Å². The molecule has 8 heavy (non-hydrogen) atoms. The van der Waals surface area contributed by atoms with Gasteiger partial charge in [-0.15, -0.1) is 0 Å². The fourth-order valence-corrected chi connectivity index (χ4v) is 1.25. The Balaban J connectivity index is 2.44. The van der Waals surface area contributed by atoms with E-state index in [1.807, 2.05) is 0 Å². The molecular weight excluding hydrogens is 98.1 g/mol. The van der Waals surface area contributed by atoms with Gasteiger partial charge in [0.25, 0.3) is 0 Å². The maximum atomic E-state index is 3.93. The first-order valence-corrected chi connectivity index (χ1v) is 3.30. The summed E-state index contributed by atoms with van der Waals surface area (Å²) in [5.74, 6) is 0. The third-order valence-corrected chi connectivity index (χ3v) is 2.13. The second kappa shape index (κ2) is 2.06. The molecule has 48 valence electrons. The van der Waals surface area contributed by atoms with Gasteiger partial charge in [0.2, 0.25) is 0 Å². The summed E-state index contributed by atoms with van der Waals surface area (Å²) in [5.41, 5.74) is 0. The van der Waals surface area contributed by atoms with E-state index in [0.29, 0.717) is 12.1 Å². The molecule has 0 unspecified atom stereocenters. The van der Waals surface area contributed by atoms with Crippen LogP contribution in [0.3, 0.4) is 0 Å². The van der Waals surface area contributed by atoms with Gasteiger partial charge in [-0.2, -0.15) is 0 Å². The number of hydrogen-bond donors (Lipinski definition) is 0. The number of rotatable bonds is 0. The first-order valence-electron chi connectivity index (χ1n) is 3.30. The molecule has 0 bridgehead atoms. The molecule has 1 fully saturated rings. The Morgan fingerprint density at radius 1 is 1.25 bits per heavy atom. The zero-order chi connectivity index (χ0) is 6.15. The van der Waals surface area contributed by atoms with Crippen LogP contribution in [0.1, 0.15) is 26.7 Å². The first kappa shape index (κ1) is 6.09. The maximum Gasteiger partial charge on any atom is -0.0211 e. The van der Waals surface area contributed by atoms with Crippen molar-refractivity contribution in [2.24, 2.45) is 0 Å². The molecular formula is C7H14N-. The molecule has 0 N–H and O–H groups in total. The van der Waals surface area contributed by atoms with E-state index in [0.717, 1.165) is 0 Å². The molecule has 0 spiro atoms. The van der Waals surface area contributed by atoms with Gasteiger partial charge in [0.1, 0.15) is 0 Å². The highest BCUT2D eigenvalue weighted by Crippen LogP contribution is 2.21. The lowest BCUT2D eigenvalue weighted by atomic mass is 10.2. The molecule has 0 aliphatic carbocycles. The van der Waals surface area contributed by atoms with Crippen molar-refractivity contribution in [3.05, 3.63) is 7.05 Å². The lowest BCUT2D eigenvalue weighted by Crippen LogP contribution is -2.25. The molecule has 1 aliphatic heterocycles. The number of nitrogens with zero attached hydrogens (tertiary/aromatic N) is 1. The Morgan fingerprint density at radius 3 is 1.75 bits per heavy atom. The third kappa shape index (κ3) is 0.873. The lowest BCUT2D eigenvalue weighted by Gasteiger charge is -2.28. The van der Waals surface area contributed by atoms with Crippen LogP contribution in [-0.4, -0.2) is 17.0 Å². The Morgan fingerprint density at radius 2 is 1.62 bits per heavy atom. The smallest absolute Gasteiger partial charge is 0.0211 e. The van der Waals surface area contributed by atoms with Gasteiger partial charge in [0.15, 0.2) is 0 Å². The fraction of sp³-hybridized carbons (Fsp3) is 0.857. The van der Waals surface area contributed by atoms with Crippen molar-refractivity contribution >= 4 is 0 Å². The predicted octanol–water partition coefficient (Wildman–Crippen LogP) is 1.65. The van der Waals surface area contributed by atoms with Crippen LogP contribution in [0.5, 0.6) is 0 Å². The zero-order valence-electron chi connectivity index (χ0n) is 5.72. The predicted molar refractivity (Wildman–Crippen MR) is 35.4 cm³/mol. The summed E-state index contributed by atoms with van der Waals surface area (Å²) in [5, 5.41) is 0. The fourth-order valence-electron chi connectivity index (χ4n) is 1.25. The molecule has 0 saturated carbocycles. The normalized spacial score (nSPS) is 40.9. The van der Waals surface area contributed by atoms with Crippen LogP contribution < -0.4 is 0 Å². The standard InChI is InChI=1S/C7H14N/c1-6-4-5-7(2)8(6)3/h6-7H,3-5H2,1-2H3/q-1/t6-,7+. The highest BCUT2D eigenvalue weighted by molar-refractivity contribution is 4.80. The molecule has 0 amide bonds. The minimum absolute atomic E-state index is 0.713. The van der Waals surface area contributed by atoms with Crippen LogP contribution in [0.25, 0.3) is 0 Å². The van der Waals surface area contributed by atoms with Gasteiger partial charge in [0.05, 0.1) is 0 Å². The van der Waals surface area contributed by atoms with Crippen molar-refractivity contribution in [3.8, 4) is 0 Å². The van der Waals surface area contributed by atoms with Crippen LogP contribution in [0.2, 0.25) is 0 Å². The van der Waals surface area contributed by atoms with E-state index in [2.05, 4.69) is 25.8 Å². The Kier molecular flexibility index (Phi) is 1.57. The van der Waals surface area contributed by atoms with Gasteiger partial charge in [-0.1, -0.05) is 13.8 Å². The van der Waals surface area contributed by atoms with Gasteiger partial charge >= 0.3 is 0 Å². The molecule has 0 aromatic heterocycles. The minimum atomic E-state index is 0.713. The average Bonchev–Trinajstić information content (AvgIpc) is 1.98. The van der Waals surface area contributed by atoms with Gasteiger partial charge < -0.3 is 4.90 Å². The molecule has 1 heteroatoms. The quantitative estimate of drug-likeness (QED) is 0.431. The van der Waals surface area contributed by atoms with Gasteiger partial charge in [-0.3, -0.25) is 7.05 Å². The van der Waals surface area contributed by atoms with E-state index < -0.39 is 0 Å². The molecule has 1 nitrogen and oxygen atoms in total. The van der Waals surface area contributed by atoms with E-state index >= 15 is 0 Å². The van der Waals surface area contributed by atoms with Crippen molar-refractivity contribution in [1.82, 2.24) is 4.90 Å². The molecule has 0 aromatic carbocycles. The SMILES string of the molecule is [CH2-]N1[C@H](C)CC[C@@H]1C. The molecule has 0 radical (unpaired) electrons. The van der Waals surface area contributed by atoms with E-state index in [9.17, 15) is 0 Å². The summed E-state index contributed by atoms with van der Waals surface area (Å²) in [7, 11) is 3.93. The summed E-state index contributed by atoms with van der Waals surface area (Å²) < 4.78 is 0.